The van der Waals surface area contributed by atoms with Gasteiger partial charge in [0.05, 0.1) is 53.0 Å². The van der Waals surface area contributed by atoms with E-state index in [1.165, 1.54) is 59.4 Å². The summed E-state index contributed by atoms with van der Waals surface area (Å²) in [6, 6.07) is 0. The third-order valence-corrected chi connectivity index (χ3v) is 11.9. The van der Waals surface area contributed by atoms with Crippen LogP contribution in [0.5, 0.6) is 23.0 Å². The molecule has 9 atom stereocenters. The predicted molar refractivity (Wildman–Crippen MR) is 220 cm³/mol. The maximum atomic E-state index is 14.4. The van der Waals surface area contributed by atoms with Gasteiger partial charge in [-0.25, -0.2) is 0 Å². The van der Waals surface area contributed by atoms with Crippen LogP contribution in [0.1, 0.15) is 70.0 Å². The van der Waals surface area contributed by atoms with Gasteiger partial charge < -0.3 is 54.7 Å². The zero-order valence-electron chi connectivity index (χ0n) is 35.3. The molecule has 4 aliphatic heterocycles. The third-order valence-electron chi connectivity index (χ3n) is 11.9. The molecular formula is C43H58N4O12. The number of ether oxygens (including phenoxy) is 4. The Kier molecular flexibility index (Phi) is 13.7. The van der Waals surface area contributed by atoms with Gasteiger partial charge in [-0.2, -0.15) is 5.10 Å². The largest absolute Gasteiger partial charge is 0.507 e. The molecule has 16 heteroatoms. The number of esters is 1. The molecule has 0 saturated carbocycles. The molecule has 0 spiro atoms. The number of hydrazone groups is 1. The van der Waals surface area contributed by atoms with Crippen LogP contribution in [0.2, 0.25) is 0 Å². The number of Topliss-reactive ketones (excluding diaryl/α,β-unsaturated/α-hetero) is 1. The van der Waals surface area contributed by atoms with E-state index in [-0.39, 0.29) is 44.5 Å². The van der Waals surface area contributed by atoms with Gasteiger partial charge in [-0.1, -0.05) is 45.9 Å². The molecular weight excluding hydrogens is 764 g/mol. The summed E-state index contributed by atoms with van der Waals surface area (Å²) in [6.07, 6.45) is 4.86. The Balaban J connectivity index is 1.70. The van der Waals surface area contributed by atoms with Crippen LogP contribution in [-0.2, 0) is 23.8 Å². The SMILES string of the molecule is COC1/C=C/OC2(C)Oc3c(C)c(O)c4c(O)c(c(/C=N/N5CCN(C)CC5)c(O)c4c3C2=O)NC(=O)/C(C)=C/C=C/C(C)C(O)C(C)C(O)C(C)C(OC(C)=O)C1C. The second-order valence-electron chi connectivity index (χ2n) is 16.1. The number of aliphatic hydroxyl groups excluding tert-OH is 2. The highest BCUT2D eigenvalue weighted by Crippen LogP contribution is 2.55. The topological polar surface area (TPSA) is 220 Å². The Labute approximate surface area is 344 Å². The van der Waals surface area contributed by atoms with Crippen molar-refractivity contribution in [3.63, 3.8) is 0 Å². The maximum Gasteiger partial charge on any atom is 0.312 e. The van der Waals surface area contributed by atoms with Gasteiger partial charge in [0.25, 0.3) is 11.7 Å². The molecule has 0 aromatic heterocycles. The number of nitrogens with one attached hydrogen (secondary N) is 1. The van der Waals surface area contributed by atoms with Crippen molar-refractivity contribution in [2.75, 3.05) is 45.7 Å². The number of carbonyl (C=O) groups is 3. The van der Waals surface area contributed by atoms with Gasteiger partial charge in [-0.05, 0) is 27.0 Å². The molecule has 1 amide bonds. The van der Waals surface area contributed by atoms with E-state index in [0.29, 0.717) is 13.1 Å². The van der Waals surface area contributed by atoms with Crippen LogP contribution in [0.15, 0.2) is 41.2 Å². The van der Waals surface area contributed by atoms with E-state index in [9.17, 15) is 39.9 Å². The number of methoxy groups -OCH3 is 1. The molecule has 2 aromatic rings. The number of ketones is 1. The Morgan fingerprint density at radius 1 is 0.949 bits per heavy atom. The molecule has 59 heavy (non-hydrogen) atoms. The first-order valence-electron chi connectivity index (χ1n) is 19.8. The molecule has 6 rings (SSSR count). The number of allylic oxidation sites excluding steroid dienone is 2. The lowest BCUT2D eigenvalue weighted by Gasteiger charge is -2.38. The van der Waals surface area contributed by atoms with Crippen molar-refractivity contribution in [1.29, 1.82) is 0 Å². The zero-order valence-corrected chi connectivity index (χ0v) is 35.3. The monoisotopic (exact) mass is 822 g/mol. The van der Waals surface area contributed by atoms with Gasteiger partial charge in [0.1, 0.15) is 23.4 Å². The Hall–Kier alpha value is -5.16. The quantitative estimate of drug-likeness (QED) is 0.109. The first-order valence-corrected chi connectivity index (χ1v) is 19.8. The molecule has 4 aliphatic rings. The fraction of sp³-hybridized carbons (Fsp3) is 0.535. The number of aromatic hydroxyl groups is 3. The second-order valence-corrected chi connectivity index (χ2v) is 16.1. The summed E-state index contributed by atoms with van der Waals surface area (Å²) in [5, 5.41) is 66.8. The van der Waals surface area contributed by atoms with Crippen LogP contribution in [0, 0.1) is 30.6 Å². The number of anilines is 1. The van der Waals surface area contributed by atoms with E-state index < -0.39 is 88.8 Å². The van der Waals surface area contributed by atoms with Crippen LogP contribution >= 0.6 is 0 Å². The third kappa shape index (κ3) is 8.91. The molecule has 4 heterocycles. The highest BCUT2D eigenvalue weighted by atomic mass is 16.7. The first kappa shape index (κ1) is 44.9. The van der Waals surface area contributed by atoms with E-state index in [2.05, 4.69) is 15.3 Å². The van der Waals surface area contributed by atoms with Crippen LogP contribution in [0.4, 0.5) is 5.69 Å². The van der Waals surface area contributed by atoms with Crippen molar-refractivity contribution in [3.05, 3.63) is 52.8 Å². The normalized spacial score (nSPS) is 32.1. The number of rotatable bonds is 4. The fourth-order valence-electron chi connectivity index (χ4n) is 7.92. The number of piperazine rings is 1. The molecule has 0 radical (unpaired) electrons. The number of phenolic OH excluding ortho intramolecular Hbond substituents is 3. The molecule has 5 bridgehead atoms. The number of likely N-dealkylation sites (N-methyl/N-ethyl adjacent to an activating group) is 1. The minimum atomic E-state index is -2.04. The second kappa shape index (κ2) is 18.0. The summed E-state index contributed by atoms with van der Waals surface area (Å²) < 4.78 is 23.6. The molecule has 9 unspecified atom stereocenters. The average molecular weight is 823 g/mol. The van der Waals surface area contributed by atoms with E-state index in [1.807, 2.05) is 7.05 Å². The van der Waals surface area contributed by atoms with Gasteiger partial charge in [-0.15, -0.1) is 0 Å². The molecule has 1 fully saturated rings. The summed E-state index contributed by atoms with van der Waals surface area (Å²) in [5.74, 6) is -8.34. The summed E-state index contributed by atoms with van der Waals surface area (Å²) >= 11 is 0. The van der Waals surface area contributed by atoms with Crippen LogP contribution in [0.3, 0.4) is 0 Å². The number of benzene rings is 2. The first-order chi connectivity index (χ1) is 27.7. The van der Waals surface area contributed by atoms with Crippen molar-refractivity contribution in [2.45, 2.75) is 85.6 Å². The number of phenols is 3. The van der Waals surface area contributed by atoms with E-state index >= 15 is 0 Å². The van der Waals surface area contributed by atoms with Crippen molar-refractivity contribution in [1.82, 2.24) is 9.91 Å². The van der Waals surface area contributed by atoms with Gasteiger partial charge >= 0.3 is 11.8 Å². The lowest BCUT2D eigenvalue weighted by molar-refractivity contribution is -0.160. The Bertz CT molecular complexity index is 2070. The van der Waals surface area contributed by atoms with Gasteiger partial charge in [-0.3, -0.25) is 19.4 Å². The van der Waals surface area contributed by atoms with Gasteiger partial charge in [0, 0.05) is 87.3 Å². The zero-order chi connectivity index (χ0) is 43.7. The standard InChI is InChI=1S/C43H58N4O12/c1-21-12-11-13-22(2)42(55)45-33-28(20-44-47-17-15-46(9)16-18-47)37(52)30-31(38(33)53)36(51)26(6)40-32(30)41(54)43(8,59-40)57-19-14-29(56-10)23(3)39(58-27(7)48)25(5)35(50)24(4)34(21)49/h11-14,19-21,23-25,29,34-35,39,49-53H,15-18H2,1-10H3,(H,45,55)/b12-11+,19-14+,22-13+,44-20+. The molecule has 322 valence electrons. The number of carbonyl (C=O) groups excluding carboxylic acids is 3. The fourth-order valence-corrected chi connectivity index (χ4v) is 7.92. The van der Waals surface area contributed by atoms with E-state index in [4.69, 9.17) is 18.9 Å². The number of amides is 1. The van der Waals surface area contributed by atoms with E-state index in [1.54, 1.807) is 44.9 Å². The van der Waals surface area contributed by atoms with Crippen LogP contribution < -0.4 is 10.1 Å². The minimum absolute atomic E-state index is 0.0559. The molecule has 2 aromatic carbocycles. The summed E-state index contributed by atoms with van der Waals surface area (Å²) in [6.45, 7) is 15.1. The average Bonchev–Trinajstić information content (AvgIpc) is 3.46. The predicted octanol–water partition coefficient (Wildman–Crippen LogP) is 4.34. The molecule has 6 N–H and O–H groups in total. The number of nitrogens with zero attached hydrogens (tertiary/aromatic N) is 3. The number of hydrogen-bond acceptors (Lipinski definition) is 15. The van der Waals surface area contributed by atoms with Crippen molar-refractivity contribution in [3.8, 4) is 23.0 Å². The van der Waals surface area contributed by atoms with Crippen LogP contribution in [0.25, 0.3) is 10.8 Å². The Morgan fingerprint density at radius 2 is 1.61 bits per heavy atom. The Morgan fingerprint density at radius 3 is 2.24 bits per heavy atom. The molecule has 16 nitrogen and oxygen atoms in total. The lowest BCUT2D eigenvalue weighted by Crippen LogP contribution is -2.46. The number of fused-ring (bicyclic) bond motifs is 14. The molecule has 1 saturated heterocycles. The minimum Gasteiger partial charge on any atom is -0.507 e. The number of aliphatic hydroxyl groups is 2. The highest BCUT2D eigenvalue weighted by Gasteiger charge is 2.50. The van der Waals surface area contributed by atoms with Crippen LogP contribution in [-0.4, -0.2) is 130 Å². The highest BCUT2D eigenvalue weighted by molar-refractivity contribution is 6.23. The number of hydrogen-bond donors (Lipinski definition) is 6. The van der Waals surface area contributed by atoms with Crippen molar-refractivity contribution >= 4 is 40.3 Å². The molecule has 0 aliphatic carbocycles. The summed E-state index contributed by atoms with van der Waals surface area (Å²) in [7, 11) is 3.42. The van der Waals surface area contributed by atoms with Gasteiger partial charge in [0.2, 0.25) is 0 Å². The van der Waals surface area contributed by atoms with Crippen molar-refractivity contribution < 1.29 is 58.9 Å². The van der Waals surface area contributed by atoms with Gasteiger partial charge in [0.15, 0.2) is 5.75 Å². The summed E-state index contributed by atoms with van der Waals surface area (Å²) in [5.41, 5.74) is -0.350. The smallest absolute Gasteiger partial charge is 0.312 e. The van der Waals surface area contributed by atoms with Crippen molar-refractivity contribution in [2.24, 2.45) is 28.8 Å². The van der Waals surface area contributed by atoms with E-state index in [0.717, 1.165) is 13.1 Å². The lowest BCUT2D eigenvalue weighted by atomic mass is 9.78. The summed E-state index contributed by atoms with van der Waals surface area (Å²) in [4.78, 5) is 42.6. The maximum absolute atomic E-state index is 14.4.